The Morgan fingerprint density at radius 1 is 0.824 bits per heavy atom. The molecule has 3 aromatic rings. The minimum atomic E-state index is -0.455. The van der Waals surface area contributed by atoms with Crippen LogP contribution in [0.25, 0.3) is 0 Å². The van der Waals surface area contributed by atoms with Gasteiger partial charge in [-0.15, -0.1) is 0 Å². The number of hydrogen-bond donors (Lipinski definition) is 3. The molecule has 0 spiro atoms. The Balaban J connectivity index is 1.69. The van der Waals surface area contributed by atoms with Crippen molar-refractivity contribution in [2.24, 2.45) is 0 Å². The highest BCUT2D eigenvalue weighted by Crippen LogP contribution is 2.26. The second kappa shape index (κ2) is 11.6. The molecule has 34 heavy (non-hydrogen) atoms. The van der Waals surface area contributed by atoms with Crippen LogP contribution in [-0.4, -0.2) is 46.8 Å². The standard InChI is InChI=1S/C26H30N4O4/c1-30(2)24-11-10-19(16-23(24)25(31)27-13-12-18-8-6-5-7-9-18)28-26(32)29-20-14-21(33-3)17-22(15-20)34-4/h5-11,14-17H,12-13H2,1-4H3,(H,27,31)(H2,28,29,32). The summed E-state index contributed by atoms with van der Waals surface area (Å²) in [5.41, 5.74) is 3.38. The Hall–Kier alpha value is -4.20. The predicted octanol–water partition coefficient (Wildman–Crippen LogP) is 4.39. The summed E-state index contributed by atoms with van der Waals surface area (Å²) in [6.45, 7) is 0.505. The van der Waals surface area contributed by atoms with Crippen LogP contribution >= 0.6 is 0 Å². The summed E-state index contributed by atoms with van der Waals surface area (Å²) in [4.78, 5) is 27.4. The summed E-state index contributed by atoms with van der Waals surface area (Å²) in [5.74, 6) is 0.903. The molecule has 0 aromatic heterocycles. The molecule has 0 aliphatic heterocycles. The fraction of sp³-hybridized carbons (Fsp3) is 0.231. The molecule has 0 saturated carbocycles. The van der Waals surface area contributed by atoms with Crippen molar-refractivity contribution in [3.05, 3.63) is 77.9 Å². The summed E-state index contributed by atoms with van der Waals surface area (Å²) >= 11 is 0. The number of rotatable bonds is 9. The van der Waals surface area contributed by atoms with Crippen molar-refractivity contribution in [2.45, 2.75) is 6.42 Å². The Morgan fingerprint density at radius 2 is 1.47 bits per heavy atom. The first kappa shape index (κ1) is 24.4. The van der Waals surface area contributed by atoms with Crippen LogP contribution in [0.15, 0.2) is 66.7 Å². The normalized spacial score (nSPS) is 10.2. The monoisotopic (exact) mass is 462 g/mol. The zero-order chi connectivity index (χ0) is 24.5. The second-order valence-corrected chi connectivity index (χ2v) is 7.80. The molecule has 3 N–H and O–H groups in total. The summed E-state index contributed by atoms with van der Waals surface area (Å²) in [7, 11) is 6.81. The summed E-state index contributed by atoms with van der Waals surface area (Å²) in [6.07, 6.45) is 0.730. The average Bonchev–Trinajstić information content (AvgIpc) is 2.84. The second-order valence-electron chi connectivity index (χ2n) is 7.80. The lowest BCUT2D eigenvalue weighted by atomic mass is 10.1. The van der Waals surface area contributed by atoms with Gasteiger partial charge in [-0.05, 0) is 30.2 Å². The molecule has 0 fully saturated rings. The fourth-order valence-corrected chi connectivity index (χ4v) is 3.42. The molecule has 3 rings (SSSR count). The van der Waals surface area contributed by atoms with E-state index < -0.39 is 6.03 Å². The lowest BCUT2D eigenvalue weighted by Gasteiger charge is -2.19. The van der Waals surface area contributed by atoms with Gasteiger partial charge in [0.05, 0.1) is 19.8 Å². The molecule has 8 nitrogen and oxygen atoms in total. The third kappa shape index (κ3) is 6.65. The first-order chi connectivity index (χ1) is 16.4. The van der Waals surface area contributed by atoms with Gasteiger partial charge in [-0.3, -0.25) is 4.79 Å². The van der Waals surface area contributed by atoms with Gasteiger partial charge in [0.25, 0.3) is 5.91 Å². The van der Waals surface area contributed by atoms with Crippen molar-refractivity contribution in [3.63, 3.8) is 0 Å². The third-order valence-corrected chi connectivity index (χ3v) is 5.13. The van der Waals surface area contributed by atoms with E-state index in [-0.39, 0.29) is 5.91 Å². The van der Waals surface area contributed by atoms with Crippen LogP contribution in [0.2, 0.25) is 0 Å². The smallest absolute Gasteiger partial charge is 0.323 e. The van der Waals surface area contributed by atoms with Crippen molar-refractivity contribution in [2.75, 3.05) is 50.4 Å². The molecule has 8 heteroatoms. The first-order valence-electron chi connectivity index (χ1n) is 10.8. The van der Waals surface area contributed by atoms with E-state index in [1.165, 1.54) is 14.2 Å². The van der Waals surface area contributed by atoms with E-state index in [0.29, 0.717) is 35.0 Å². The Bertz CT molecular complexity index is 1110. The van der Waals surface area contributed by atoms with E-state index in [4.69, 9.17) is 9.47 Å². The SMILES string of the molecule is COc1cc(NC(=O)Nc2ccc(N(C)C)c(C(=O)NCCc3ccccc3)c2)cc(OC)c1. The molecule has 0 aliphatic rings. The summed E-state index contributed by atoms with van der Waals surface area (Å²) < 4.78 is 10.5. The number of nitrogens with one attached hydrogen (secondary N) is 3. The number of nitrogens with zero attached hydrogens (tertiary/aromatic N) is 1. The number of amides is 3. The van der Waals surface area contributed by atoms with Gasteiger partial charge in [0.1, 0.15) is 11.5 Å². The molecule has 0 aliphatic carbocycles. The molecule has 178 valence electrons. The molecule has 0 saturated heterocycles. The van der Waals surface area contributed by atoms with Gasteiger partial charge >= 0.3 is 6.03 Å². The molecule has 0 unspecified atom stereocenters. The molecule has 0 heterocycles. The minimum Gasteiger partial charge on any atom is -0.497 e. The molecular formula is C26H30N4O4. The van der Waals surface area contributed by atoms with Crippen molar-refractivity contribution < 1.29 is 19.1 Å². The van der Waals surface area contributed by atoms with E-state index >= 15 is 0 Å². The highest BCUT2D eigenvalue weighted by molar-refractivity contribution is 6.04. The molecule has 0 atom stereocenters. The third-order valence-electron chi connectivity index (χ3n) is 5.13. The molecule has 0 bridgehead atoms. The topological polar surface area (TPSA) is 91.9 Å². The highest BCUT2D eigenvalue weighted by atomic mass is 16.5. The molecule has 3 amide bonds. The number of benzene rings is 3. The Kier molecular flexibility index (Phi) is 8.34. The van der Waals surface area contributed by atoms with Gasteiger partial charge < -0.3 is 30.3 Å². The number of hydrogen-bond acceptors (Lipinski definition) is 5. The number of anilines is 3. The number of carbonyl (C=O) groups excluding carboxylic acids is 2. The van der Waals surface area contributed by atoms with Crippen LogP contribution in [0, 0.1) is 0 Å². The number of carbonyl (C=O) groups is 2. The van der Waals surface area contributed by atoms with E-state index in [1.807, 2.05) is 49.3 Å². The van der Waals surface area contributed by atoms with Gasteiger partial charge in [-0.2, -0.15) is 0 Å². The average molecular weight is 463 g/mol. The number of urea groups is 1. The van der Waals surface area contributed by atoms with Crippen LogP contribution < -0.4 is 30.3 Å². The quantitative estimate of drug-likeness (QED) is 0.439. The largest absolute Gasteiger partial charge is 0.497 e. The van der Waals surface area contributed by atoms with Crippen molar-refractivity contribution in [1.29, 1.82) is 0 Å². The van der Waals surface area contributed by atoms with Crippen LogP contribution in [0.3, 0.4) is 0 Å². The Morgan fingerprint density at radius 3 is 2.09 bits per heavy atom. The van der Waals surface area contributed by atoms with Gasteiger partial charge in [-0.1, -0.05) is 30.3 Å². The fourth-order valence-electron chi connectivity index (χ4n) is 3.42. The van der Waals surface area contributed by atoms with Gasteiger partial charge in [0, 0.05) is 55.9 Å². The van der Waals surface area contributed by atoms with Gasteiger partial charge in [0.2, 0.25) is 0 Å². The lowest BCUT2D eigenvalue weighted by Crippen LogP contribution is -2.28. The van der Waals surface area contributed by atoms with Crippen molar-refractivity contribution >= 4 is 29.0 Å². The van der Waals surface area contributed by atoms with Gasteiger partial charge in [-0.25, -0.2) is 4.79 Å². The molecule has 0 radical (unpaired) electrons. The highest BCUT2D eigenvalue weighted by Gasteiger charge is 2.15. The molecule has 3 aromatic carbocycles. The van der Waals surface area contributed by atoms with Crippen LogP contribution in [0.5, 0.6) is 11.5 Å². The maximum Gasteiger partial charge on any atom is 0.323 e. The van der Waals surface area contributed by atoms with E-state index in [9.17, 15) is 9.59 Å². The zero-order valence-electron chi connectivity index (χ0n) is 19.8. The minimum absolute atomic E-state index is 0.207. The molecular weight excluding hydrogens is 432 g/mol. The maximum absolute atomic E-state index is 12.9. The number of methoxy groups -OCH3 is 2. The van der Waals surface area contributed by atoms with Crippen molar-refractivity contribution in [3.8, 4) is 11.5 Å². The van der Waals surface area contributed by atoms with E-state index in [1.54, 1.807) is 36.4 Å². The predicted molar refractivity (Wildman–Crippen MR) is 135 cm³/mol. The zero-order valence-corrected chi connectivity index (χ0v) is 19.8. The van der Waals surface area contributed by atoms with Crippen molar-refractivity contribution in [1.82, 2.24) is 5.32 Å². The van der Waals surface area contributed by atoms with E-state index in [2.05, 4.69) is 16.0 Å². The maximum atomic E-state index is 12.9. The van der Waals surface area contributed by atoms with Crippen LogP contribution in [-0.2, 0) is 6.42 Å². The van der Waals surface area contributed by atoms with Crippen LogP contribution in [0.4, 0.5) is 21.9 Å². The van der Waals surface area contributed by atoms with E-state index in [0.717, 1.165) is 17.7 Å². The first-order valence-corrected chi connectivity index (χ1v) is 10.8. The number of ether oxygens (including phenoxy) is 2. The summed E-state index contributed by atoms with van der Waals surface area (Å²) in [6, 6.07) is 19.8. The van der Waals surface area contributed by atoms with Crippen LogP contribution in [0.1, 0.15) is 15.9 Å². The summed E-state index contributed by atoms with van der Waals surface area (Å²) in [5, 5.41) is 8.50. The lowest BCUT2D eigenvalue weighted by molar-refractivity contribution is 0.0954. The Labute approximate surface area is 199 Å². The van der Waals surface area contributed by atoms with Gasteiger partial charge in [0.15, 0.2) is 0 Å².